The van der Waals surface area contributed by atoms with Gasteiger partial charge in [-0.05, 0) is 32.9 Å². The SMILES string of the molecule is CCOc1cc(NC(C)c2ccc(C)s2)c(N)cc1F. The van der Waals surface area contributed by atoms with Crippen molar-refractivity contribution in [1.82, 2.24) is 0 Å². The van der Waals surface area contributed by atoms with Gasteiger partial charge in [0.15, 0.2) is 11.6 Å². The Morgan fingerprint density at radius 2 is 2.15 bits per heavy atom. The lowest BCUT2D eigenvalue weighted by Gasteiger charge is -2.17. The maximum absolute atomic E-state index is 13.7. The number of benzene rings is 1. The van der Waals surface area contributed by atoms with E-state index < -0.39 is 5.82 Å². The van der Waals surface area contributed by atoms with Crippen LogP contribution in [0.3, 0.4) is 0 Å². The van der Waals surface area contributed by atoms with Crippen LogP contribution in [0.15, 0.2) is 24.3 Å². The molecule has 5 heteroatoms. The number of nitrogens with one attached hydrogen (secondary N) is 1. The monoisotopic (exact) mass is 294 g/mol. The Hall–Kier alpha value is -1.75. The molecule has 0 saturated carbocycles. The number of halogens is 1. The zero-order valence-electron chi connectivity index (χ0n) is 11.9. The predicted octanol–water partition coefficient (Wildman–Crippen LogP) is 4.35. The molecule has 1 atom stereocenters. The van der Waals surface area contributed by atoms with Gasteiger partial charge in [-0.15, -0.1) is 11.3 Å². The van der Waals surface area contributed by atoms with Crippen LogP contribution in [0.25, 0.3) is 0 Å². The maximum Gasteiger partial charge on any atom is 0.167 e. The molecule has 0 aliphatic carbocycles. The summed E-state index contributed by atoms with van der Waals surface area (Å²) in [6, 6.07) is 7.18. The van der Waals surface area contributed by atoms with Gasteiger partial charge in [0.2, 0.25) is 0 Å². The van der Waals surface area contributed by atoms with Gasteiger partial charge in [-0.2, -0.15) is 0 Å². The molecule has 0 saturated heterocycles. The highest BCUT2D eigenvalue weighted by molar-refractivity contribution is 7.12. The van der Waals surface area contributed by atoms with Crippen molar-refractivity contribution in [2.45, 2.75) is 26.8 Å². The third kappa shape index (κ3) is 3.22. The van der Waals surface area contributed by atoms with Crippen molar-refractivity contribution in [3.05, 3.63) is 39.8 Å². The minimum Gasteiger partial charge on any atom is -0.491 e. The van der Waals surface area contributed by atoms with Crippen molar-refractivity contribution < 1.29 is 9.13 Å². The highest BCUT2D eigenvalue weighted by Gasteiger charge is 2.13. The van der Waals surface area contributed by atoms with E-state index in [1.165, 1.54) is 15.8 Å². The van der Waals surface area contributed by atoms with Gasteiger partial charge >= 0.3 is 0 Å². The van der Waals surface area contributed by atoms with E-state index in [1.54, 1.807) is 17.4 Å². The van der Waals surface area contributed by atoms with E-state index in [1.807, 2.05) is 6.92 Å². The quantitative estimate of drug-likeness (QED) is 0.806. The van der Waals surface area contributed by atoms with Crippen LogP contribution in [0.1, 0.15) is 29.6 Å². The van der Waals surface area contributed by atoms with E-state index in [2.05, 4.69) is 31.3 Å². The molecule has 0 bridgehead atoms. The molecule has 2 rings (SSSR count). The molecular formula is C15H19FN2OS. The van der Waals surface area contributed by atoms with Gasteiger partial charge in [0, 0.05) is 21.9 Å². The van der Waals surface area contributed by atoms with Crippen LogP contribution in [-0.4, -0.2) is 6.61 Å². The van der Waals surface area contributed by atoms with Crippen molar-refractivity contribution >= 4 is 22.7 Å². The summed E-state index contributed by atoms with van der Waals surface area (Å²) in [5.74, 6) is -0.215. The number of anilines is 2. The molecule has 0 aliphatic heterocycles. The average Bonchev–Trinajstić information content (AvgIpc) is 2.82. The Balaban J connectivity index is 2.22. The van der Waals surface area contributed by atoms with E-state index in [0.717, 1.165) is 0 Å². The number of nitrogens with two attached hydrogens (primary N) is 1. The molecule has 0 fully saturated rings. The normalized spacial score (nSPS) is 12.2. The van der Waals surface area contributed by atoms with E-state index in [9.17, 15) is 4.39 Å². The van der Waals surface area contributed by atoms with Crippen LogP contribution >= 0.6 is 11.3 Å². The van der Waals surface area contributed by atoms with Crippen LogP contribution in [0.5, 0.6) is 5.75 Å². The smallest absolute Gasteiger partial charge is 0.167 e. The van der Waals surface area contributed by atoms with Gasteiger partial charge in [-0.3, -0.25) is 0 Å². The fourth-order valence-corrected chi connectivity index (χ4v) is 2.83. The summed E-state index contributed by atoms with van der Waals surface area (Å²) in [5, 5.41) is 3.30. The Labute approximate surface area is 122 Å². The first-order chi connectivity index (χ1) is 9.51. The number of ether oxygens (including phenoxy) is 1. The van der Waals surface area contributed by atoms with Gasteiger partial charge in [-0.1, -0.05) is 0 Å². The molecule has 1 unspecified atom stereocenters. The Morgan fingerprint density at radius 1 is 1.40 bits per heavy atom. The minimum absolute atomic E-state index is 0.107. The summed E-state index contributed by atoms with van der Waals surface area (Å²) in [7, 11) is 0. The molecular weight excluding hydrogens is 275 g/mol. The first-order valence-electron chi connectivity index (χ1n) is 6.56. The summed E-state index contributed by atoms with van der Waals surface area (Å²) in [4.78, 5) is 2.47. The second-order valence-corrected chi connectivity index (χ2v) is 5.94. The van der Waals surface area contributed by atoms with Gasteiger partial charge in [0.1, 0.15) is 0 Å². The molecule has 1 aromatic heterocycles. The molecule has 0 radical (unpaired) electrons. The maximum atomic E-state index is 13.7. The second kappa shape index (κ2) is 6.13. The van der Waals surface area contributed by atoms with E-state index in [-0.39, 0.29) is 11.8 Å². The highest BCUT2D eigenvalue weighted by atomic mass is 32.1. The first-order valence-corrected chi connectivity index (χ1v) is 7.37. The molecule has 108 valence electrons. The Kier molecular flexibility index (Phi) is 4.49. The lowest BCUT2D eigenvalue weighted by Crippen LogP contribution is -2.08. The summed E-state index contributed by atoms with van der Waals surface area (Å²) in [6.45, 7) is 6.36. The van der Waals surface area contributed by atoms with E-state index in [0.29, 0.717) is 18.0 Å². The molecule has 3 nitrogen and oxygen atoms in total. The second-order valence-electron chi connectivity index (χ2n) is 4.62. The van der Waals surface area contributed by atoms with Crippen LogP contribution < -0.4 is 15.8 Å². The Bertz CT molecular complexity index is 598. The fraction of sp³-hybridized carbons (Fsp3) is 0.333. The van der Waals surface area contributed by atoms with E-state index in [4.69, 9.17) is 10.5 Å². The number of hydrogen-bond donors (Lipinski definition) is 2. The highest BCUT2D eigenvalue weighted by Crippen LogP contribution is 2.32. The largest absolute Gasteiger partial charge is 0.491 e. The number of hydrogen-bond acceptors (Lipinski definition) is 4. The van der Waals surface area contributed by atoms with Crippen LogP contribution in [0, 0.1) is 12.7 Å². The third-order valence-electron chi connectivity index (χ3n) is 2.96. The van der Waals surface area contributed by atoms with Crippen molar-refractivity contribution in [3.8, 4) is 5.75 Å². The van der Waals surface area contributed by atoms with Crippen molar-refractivity contribution in [2.24, 2.45) is 0 Å². The van der Waals surface area contributed by atoms with Gasteiger partial charge in [0.05, 0.1) is 24.0 Å². The number of aryl methyl sites for hydroxylation is 1. The zero-order chi connectivity index (χ0) is 14.7. The van der Waals surface area contributed by atoms with Crippen LogP contribution in [0.2, 0.25) is 0 Å². The van der Waals surface area contributed by atoms with Crippen LogP contribution in [0.4, 0.5) is 15.8 Å². The molecule has 0 spiro atoms. The standard InChI is InChI=1S/C15H19FN2OS/c1-4-19-14-8-13(12(17)7-11(14)16)18-10(3)15-6-5-9(2)20-15/h5-8,10,18H,4,17H2,1-3H3. The van der Waals surface area contributed by atoms with Gasteiger partial charge in [0.25, 0.3) is 0 Å². The van der Waals surface area contributed by atoms with Crippen molar-refractivity contribution in [2.75, 3.05) is 17.7 Å². The topological polar surface area (TPSA) is 47.3 Å². The van der Waals surface area contributed by atoms with Crippen molar-refractivity contribution in [3.63, 3.8) is 0 Å². The summed E-state index contributed by atoms with van der Waals surface area (Å²) < 4.78 is 18.9. The number of nitrogen functional groups attached to an aromatic ring is 1. The van der Waals surface area contributed by atoms with Crippen LogP contribution in [-0.2, 0) is 0 Å². The number of rotatable bonds is 5. The van der Waals surface area contributed by atoms with E-state index >= 15 is 0 Å². The molecule has 20 heavy (non-hydrogen) atoms. The minimum atomic E-state index is -0.436. The summed E-state index contributed by atoms with van der Waals surface area (Å²) in [6.07, 6.45) is 0. The average molecular weight is 294 g/mol. The zero-order valence-corrected chi connectivity index (χ0v) is 12.7. The molecule has 0 aliphatic rings. The summed E-state index contributed by atoms with van der Waals surface area (Å²) in [5.41, 5.74) is 6.93. The predicted molar refractivity (Wildman–Crippen MR) is 83.1 cm³/mol. The fourth-order valence-electron chi connectivity index (χ4n) is 1.95. The lowest BCUT2D eigenvalue weighted by molar-refractivity contribution is 0.322. The Morgan fingerprint density at radius 3 is 2.75 bits per heavy atom. The van der Waals surface area contributed by atoms with Gasteiger partial charge in [-0.25, -0.2) is 4.39 Å². The molecule has 1 aromatic carbocycles. The number of thiophene rings is 1. The third-order valence-corrected chi connectivity index (χ3v) is 4.15. The molecule has 1 heterocycles. The van der Waals surface area contributed by atoms with Gasteiger partial charge < -0.3 is 15.8 Å². The first kappa shape index (κ1) is 14.7. The van der Waals surface area contributed by atoms with Crippen molar-refractivity contribution in [1.29, 1.82) is 0 Å². The lowest BCUT2D eigenvalue weighted by atomic mass is 10.2. The molecule has 2 aromatic rings. The summed E-state index contributed by atoms with van der Waals surface area (Å²) >= 11 is 1.73. The molecule has 0 amide bonds. The molecule has 3 N–H and O–H groups in total.